The first kappa shape index (κ1) is 18.3. The average molecular weight is 430 g/mol. The SMILES string of the molecule is CC1CCC(Oc2cc(CNC3=NCCCN3)ccn2)CC1.I. The summed E-state index contributed by atoms with van der Waals surface area (Å²) in [5.41, 5.74) is 1.17. The van der Waals surface area contributed by atoms with Crippen molar-refractivity contribution in [3.05, 3.63) is 23.9 Å². The Morgan fingerprint density at radius 1 is 1.30 bits per heavy atom. The zero-order chi connectivity index (χ0) is 15.2. The molecule has 1 aliphatic carbocycles. The Morgan fingerprint density at radius 3 is 2.87 bits per heavy atom. The molecule has 0 radical (unpaired) electrons. The third-order valence-electron chi connectivity index (χ3n) is 4.41. The molecule has 0 bridgehead atoms. The lowest BCUT2D eigenvalue weighted by atomic mass is 9.89. The summed E-state index contributed by atoms with van der Waals surface area (Å²) in [5.74, 6) is 2.48. The molecule has 1 aromatic rings. The normalized spacial score (nSPS) is 24.0. The Balaban J connectivity index is 0.00000192. The molecule has 0 unspecified atom stereocenters. The lowest BCUT2D eigenvalue weighted by Crippen LogP contribution is -2.40. The van der Waals surface area contributed by atoms with Crippen molar-refractivity contribution in [1.29, 1.82) is 0 Å². The van der Waals surface area contributed by atoms with Crippen molar-refractivity contribution in [1.82, 2.24) is 15.6 Å². The van der Waals surface area contributed by atoms with Gasteiger partial charge in [-0.25, -0.2) is 4.98 Å². The maximum Gasteiger partial charge on any atom is 0.213 e. The fourth-order valence-corrected chi connectivity index (χ4v) is 2.98. The minimum atomic E-state index is 0. The third kappa shape index (κ3) is 5.82. The summed E-state index contributed by atoms with van der Waals surface area (Å²) in [6.45, 7) is 4.96. The number of guanidine groups is 1. The highest BCUT2D eigenvalue weighted by molar-refractivity contribution is 14.0. The Kier molecular flexibility index (Phi) is 7.39. The molecule has 2 N–H and O–H groups in total. The molecule has 1 fully saturated rings. The van der Waals surface area contributed by atoms with Crippen LogP contribution in [-0.2, 0) is 6.54 Å². The number of ether oxygens (including phenoxy) is 1. The van der Waals surface area contributed by atoms with Gasteiger partial charge in [-0.1, -0.05) is 6.92 Å². The van der Waals surface area contributed by atoms with Crippen LogP contribution in [0.5, 0.6) is 5.88 Å². The molecule has 1 aromatic heterocycles. The molecule has 0 atom stereocenters. The molecule has 0 aromatic carbocycles. The van der Waals surface area contributed by atoms with Crippen LogP contribution >= 0.6 is 24.0 Å². The third-order valence-corrected chi connectivity index (χ3v) is 4.41. The van der Waals surface area contributed by atoms with Gasteiger partial charge >= 0.3 is 0 Å². The molecule has 0 amide bonds. The van der Waals surface area contributed by atoms with Crippen molar-refractivity contribution in [2.24, 2.45) is 10.9 Å². The maximum atomic E-state index is 6.05. The molecule has 2 aliphatic rings. The van der Waals surface area contributed by atoms with Gasteiger partial charge in [-0.2, -0.15) is 0 Å². The molecule has 23 heavy (non-hydrogen) atoms. The predicted molar refractivity (Wildman–Crippen MR) is 103 cm³/mol. The number of nitrogens with zero attached hydrogens (tertiary/aromatic N) is 2. The molecule has 6 heteroatoms. The Labute approximate surface area is 155 Å². The van der Waals surface area contributed by atoms with Crippen molar-refractivity contribution in [3.63, 3.8) is 0 Å². The summed E-state index contributed by atoms with van der Waals surface area (Å²) in [5, 5.41) is 6.60. The van der Waals surface area contributed by atoms with Crippen LogP contribution in [0, 0.1) is 5.92 Å². The van der Waals surface area contributed by atoms with Gasteiger partial charge < -0.3 is 15.4 Å². The molecule has 0 saturated heterocycles. The van der Waals surface area contributed by atoms with Gasteiger partial charge in [-0.3, -0.25) is 4.99 Å². The highest BCUT2D eigenvalue weighted by Gasteiger charge is 2.19. The first-order valence-electron chi connectivity index (χ1n) is 8.43. The summed E-state index contributed by atoms with van der Waals surface area (Å²) in [6, 6.07) is 4.06. The van der Waals surface area contributed by atoms with E-state index in [2.05, 4.69) is 27.5 Å². The number of pyridine rings is 1. The zero-order valence-electron chi connectivity index (χ0n) is 13.8. The van der Waals surface area contributed by atoms with Gasteiger partial charge in [-0.15, -0.1) is 24.0 Å². The summed E-state index contributed by atoms with van der Waals surface area (Å²) >= 11 is 0. The number of halogens is 1. The van der Waals surface area contributed by atoms with Crippen LogP contribution in [0.25, 0.3) is 0 Å². The highest BCUT2D eigenvalue weighted by Crippen LogP contribution is 2.26. The quantitative estimate of drug-likeness (QED) is 0.721. The van der Waals surface area contributed by atoms with Crippen LogP contribution < -0.4 is 15.4 Å². The lowest BCUT2D eigenvalue weighted by molar-refractivity contribution is 0.130. The van der Waals surface area contributed by atoms with E-state index in [4.69, 9.17) is 4.74 Å². The van der Waals surface area contributed by atoms with E-state index in [0.717, 1.165) is 56.7 Å². The monoisotopic (exact) mass is 430 g/mol. The van der Waals surface area contributed by atoms with E-state index >= 15 is 0 Å². The minimum Gasteiger partial charge on any atom is -0.474 e. The van der Waals surface area contributed by atoms with Gasteiger partial charge in [0.15, 0.2) is 5.96 Å². The van der Waals surface area contributed by atoms with Gasteiger partial charge in [0.25, 0.3) is 0 Å². The van der Waals surface area contributed by atoms with Gasteiger partial charge in [-0.05, 0) is 49.7 Å². The summed E-state index contributed by atoms with van der Waals surface area (Å²) in [6.07, 6.45) is 8.08. The van der Waals surface area contributed by atoms with Crippen LogP contribution in [0.1, 0.15) is 44.6 Å². The number of nitrogens with one attached hydrogen (secondary N) is 2. The summed E-state index contributed by atoms with van der Waals surface area (Å²) < 4.78 is 6.05. The van der Waals surface area contributed by atoms with E-state index in [9.17, 15) is 0 Å². The molecule has 128 valence electrons. The number of hydrogen-bond acceptors (Lipinski definition) is 5. The average Bonchev–Trinajstić information content (AvgIpc) is 2.57. The predicted octanol–water partition coefficient (Wildman–Crippen LogP) is 3.10. The fraction of sp³-hybridized carbons (Fsp3) is 0.647. The van der Waals surface area contributed by atoms with Crippen molar-refractivity contribution in [2.75, 3.05) is 13.1 Å². The van der Waals surface area contributed by atoms with Crippen molar-refractivity contribution in [3.8, 4) is 5.88 Å². The van der Waals surface area contributed by atoms with Gasteiger partial charge in [0, 0.05) is 31.9 Å². The van der Waals surface area contributed by atoms with Gasteiger partial charge in [0.05, 0.1) is 0 Å². The maximum absolute atomic E-state index is 6.05. The van der Waals surface area contributed by atoms with Gasteiger partial charge in [0.2, 0.25) is 5.88 Å². The van der Waals surface area contributed by atoms with E-state index < -0.39 is 0 Å². The molecule has 1 aliphatic heterocycles. The second kappa shape index (κ2) is 9.30. The molecular formula is C17H27IN4O. The van der Waals surface area contributed by atoms with E-state index in [0.29, 0.717) is 6.10 Å². The van der Waals surface area contributed by atoms with Crippen LogP contribution in [0.15, 0.2) is 23.3 Å². The van der Waals surface area contributed by atoms with Crippen molar-refractivity contribution in [2.45, 2.75) is 51.7 Å². The van der Waals surface area contributed by atoms with Crippen LogP contribution in [0.3, 0.4) is 0 Å². The second-order valence-corrected chi connectivity index (χ2v) is 6.37. The number of rotatable bonds is 4. The first-order valence-corrected chi connectivity index (χ1v) is 8.43. The number of hydrogen-bond donors (Lipinski definition) is 2. The van der Waals surface area contributed by atoms with E-state index in [-0.39, 0.29) is 24.0 Å². The van der Waals surface area contributed by atoms with E-state index in [1.807, 2.05) is 18.3 Å². The Morgan fingerprint density at radius 2 is 2.13 bits per heavy atom. The van der Waals surface area contributed by atoms with Crippen LogP contribution in [-0.4, -0.2) is 30.1 Å². The van der Waals surface area contributed by atoms with Crippen LogP contribution in [0.4, 0.5) is 0 Å². The second-order valence-electron chi connectivity index (χ2n) is 6.37. The Bertz CT molecular complexity index is 515. The highest BCUT2D eigenvalue weighted by atomic mass is 127. The van der Waals surface area contributed by atoms with E-state index in [1.54, 1.807) is 0 Å². The lowest BCUT2D eigenvalue weighted by Gasteiger charge is -2.26. The summed E-state index contributed by atoms with van der Waals surface area (Å²) in [7, 11) is 0. The van der Waals surface area contributed by atoms with Crippen molar-refractivity contribution >= 4 is 29.9 Å². The van der Waals surface area contributed by atoms with Crippen LogP contribution in [0.2, 0.25) is 0 Å². The standard InChI is InChI=1S/C17H26N4O.HI/c1-13-3-5-15(6-4-13)22-16-11-14(7-10-18-16)12-21-17-19-8-2-9-20-17;/h7,10-11,13,15H,2-6,8-9,12H2,1H3,(H2,19,20,21);1H. The zero-order valence-corrected chi connectivity index (χ0v) is 16.1. The van der Waals surface area contributed by atoms with E-state index in [1.165, 1.54) is 18.4 Å². The first-order chi connectivity index (χ1) is 10.8. The molecule has 2 heterocycles. The van der Waals surface area contributed by atoms with Crippen molar-refractivity contribution < 1.29 is 4.74 Å². The molecule has 5 nitrogen and oxygen atoms in total. The number of aliphatic imine (C=N–C) groups is 1. The largest absolute Gasteiger partial charge is 0.474 e. The number of aromatic nitrogens is 1. The van der Waals surface area contributed by atoms with Gasteiger partial charge in [0.1, 0.15) is 6.10 Å². The molecule has 1 saturated carbocycles. The molecule has 0 spiro atoms. The Hall–Kier alpha value is -1.05. The fourth-order valence-electron chi connectivity index (χ4n) is 2.98. The minimum absolute atomic E-state index is 0. The molecule has 3 rings (SSSR count). The summed E-state index contributed by atoms with van der Waals surface area (Å²) in [4.78, 5) is 8.77. The smallest absolute Gasteiger partial charge is 0.213 e. The molecular weight excluding hydrogens is 403 g/mol. The topological polar surface area (TPSA) is 58.5 Å².